The van der Waals surface area contributed by atoms with E-state index in [1.165, 1.54) is 0 Å². The van der Waals surface area contributed by atoms with Crippen LogP contribution in [0.4, 0.5) is 0 Å². The molecule has 22 heavy (non-hydrogen) atoms. The summed E-state index contributed by atoms with van der Waals surface area (Å²) in [6, 6.07) is 0. The summed E-state index contributed by atoms with van der Waals surface area (Å²) < 4.78 is 91.8. The largest absolute Gasteiger partial charge is 0.224 e. The van der Waals surface area contributed by atoms with Gasteiger partial charge in [-0.05, 0) is 27.7 Å². The average molecular weight is 429 g/mol. The molecule has 4 aliphatic rings. The van der Waals surface area contributed by atoms with Gasteiger partial charge in [-0.3, -0.25) is 0 Å². The summed E-state index contributed by atoms with van der Waals surface area (Å²) in [5.74, 6) is 0. The summed E-state index contributed by atoms with van der Waals surface area (Å²) in [5, 5.41) is 0. The summed E-state index contributed by atoms with van der Waals surface area (Å²) in [5.41, 5.74) is 0. The Balaban J connectivity index is 2.71. The molecule has 4 heterocycles. The average Bonchev–Trinajstić information content (AvgIpc) is 2.32. The maximum absolute atomic E-state index is 12.7. The second-order valence-corrected chi connectivity index (χ2v) is 23.0. The minimum Gasteiger partial charge on any atom is -0.224 e. The summed E-state index contributed by atoms with van der Waals surface area (Å²) in [7, 11) is -18.9. The van der Waals surface area contributed by atoms with E-state index in [0.717, 1.165) is 27.7 Å². The van der Waals surface area contributed by atoms with Crippen molar-refractivity contribution in [3.8, 4) is 0 Å². The van der Waals surface area contributed by atoms with Crippen LogP contribution in [0.25, 0.3) is 0 Å². The van der Waals surface area contributed by atoms with Crippen LogP contribution >= 0.6 is 23.5 Å². The van der Waals surface area contributed by atoms with Gasteiger partial charge in [0.2, 0.25) is 53.0 Å². The fourth-order valence-electron chi connectivity index (χ4n) is 3.04. The SMILES string of the molecule is CC12SC3(C)S(=O)(=O)C(C)(SC(C)(S1(=O)=O)S3(=O)=O)S2(=O)=O. The van der Waals surface area contributed by atoms with Gasteiger partial charge in [0.1, 0.15) is 0 Å². The second kappa shape index (κ2) is 3.54. The van der Waals surface area contributed by atoms with Gasteiger partial charge >= 0.3 is 0 Å². The first-order valence-corrected chi connectivity index (χ1v) is 13.3. The minimum absolute atomic E-state index is 0.0284. The molecule has 4 fully saturated rings. The predicted octanol–water partition coefficient (Wildman–Crippen LogP) is -0.152. The van der Waals surface area contributed by atoms with E-state index in [4.69, 9.17) is 0 Å². The molecule has 0 radical (unpaired) electrons. The van der Waals surface area contributed by atoms with Gasteiger partial charge in [0.25, 0.3) is 0 Å². The molecule has 4 aliphatic heterocycles. The van der Waals surface area contributed by atoms with Gasteiger partial charge in [-0.15, -0.1) is 0 Å². The van der Waals surface area contributed by atoms with Gasteiger partial charge in [-0.25, -0.2) is 33.7 Å². The molecule has 0 N–H and O–H groups in total. The van der Waals surface area contributed by atoms with E-state index in [-0.39, 0.29) is 23.5 Å². The zero-order valence-corrected chi connectivity index (χ0v) is 16.6. The van der Waals surface area contributed by atoms with Crippen molar-refractivity contribution in [3.05, 3.63) is 0 Å². The minimum atomic E-state index is -4.72. The number of hydrogen-bond acceptors (Lipinski definition) is 10. The first kappa shape index (κ1) is 17.3. The highest BCUT2D eigenvalue weighted by Crippen LogP contribution is 2.77. The first-order chi connectivity index (χ1) is 9.41. The zero-order valence-electron chi connectivity index (χ0n) is 11.7. The summed E-state index contributed by atoms with van der Waals surface area (Å²) in [6.07, 6.45) is 0. The lowest BCUT2D eigenvalue weighted by Crippen LogP contribution is -2.80. The quantitative estimate of drug-likeness (QED) is 0.512. The molecule has 0 saturated carbocycles. The Morgan fingerprint density at radius 2 is 0.591 bits per heavy atom. The second-order valence-electron chi connectivity index (χ2n) is 5.67. The molecular formula is C8H12O8S6. The van der Waals surface area contributed by atoms with Crippen LogP contribution in [0.3, 0.4) is 0 Å². The number of sulfone groups is 4. The molecule has 0 unspecified atom stereocenters. The molecule has 4 rings (SSSR count). The van der Waals surface area contributed by atoms with Crippen LogP contribution in [0.1, 0.15) is 27.7 Å². The molecule has 0 aromatic rings. The lowest BCUT2D eigenvalue weighted by Gasteiger charge is -2.61. The monoisotopic (exact) mass is 428 g/mol. The van der Waals surface area contributed by atoms with E-state index in [0.29, 0.717) is 0 Å². The van der Waals surface area contributed by atoms with Crippen LogP contribution in [-0.2, 0) is 39.3 Å². The predicted molar refractivity (Wildman–Crippen MR) is 84.5 cm³/mol. The molecule has 8 nitrogen and oxygen atoms in total. The zero-order chi connectivity index (χ0) is 17.4. The van der Waals surface area contributed by atoms with E-state index < -0.39 is 53.0 Å². The number of thioether (sulfide) groups is 2. The molecule has 0 aromatic carbocycles. The van der Waals surface area contributed by atoms with Crippen LogP contribution in [0, 0.1) is 0 Å². The van der Waals surface area contributed by atoms with Gasteiger partial charge in [0, 0.05) is 0 Å². The molecule has 4 bridgehead atoms. The molecule has 0 amide bonds. The van der Waals surface area contributed by atoms with Gasteiger partial charge in [-0.2, -0.15) is 0 Å². The normalized spacial score (nSPS) is 55.8. The summed E-state index contributed by atoms with van der Waals surface area (Å²) in [6.45, 7) is 3.50. The Labute approximate surface area is 137 Å². The van der Waals surface area contributed by atoms with E-state index in [1.54, 1.807) is 0 Å². The van der Waals surface area contributed by atoms with Gasteiger partial charge in [-0.1, -0.05) is 23.5 Å². The molecule has 128 valence electrons. The van der Waals surface area contributed by atoms with Crippen molar-refractivity contribution in [3.63, 3.8) is 0 Å². The van der Waals surface area contributed by atoms with Crippen molar-refractivity contribution in [2.45, 2.75) is 41.3 Å². The van der Waals surface area contributed by atoms with Crippen molar-refractivity contribution >= 4 is 62.9 Å². The molecular weight excluding hydrogens is 416 g/mol. The van der Waals surface area contributed by atoms with Gasteiger partial charge in [0.05, 0.1) is 0 Å². The Morgan fingerprint density at radius 1 is 0.455 bits per heavy atom. The van der Waals surface area contributed by atoms with Crippen molar-refractivity contribution in [1.82, 2.24) is 0 Å². The highest BCUT2D eigenvalue weighted by Gasteiger charge is 2.92. The van der Waals surface area contributed by atoms with Crippen molar-refractivity contribution < 1.29 is 33.7 Å². The Bertz CT molecular complexity index is 818. The van der Waals surface area contributed by atoms with E-state index >= 15 is 0 Å². The van der Waals surface area contributed by atoms with Crippen LogP contribution < -0.4 is 0 Å². The van der Waals surface area contributed by atoms with Crippen LogP contribution in [0.5, 0.6) is 0 Å². The Morgan fingerprint density at radius 3 is 0.727 bits per heavy atom. The third-order valence-corrected chi connectivity index (χ3v) is 26.5. The van der Waals surface area contributed by atoms with Gasteiger partial charge < -0.3 is 0 Å². The molecule has 0 spiro atoms. The highest BCUT2D eigenvalue weighted by molar-refractivity contribution is 8.59. The van der Waals surface area contributed by atoms with Crippen LogP contribution in [0.2, 0.25) is 0 Å². The molecule has 0 aliphatic carbocycles. The molecule has 14 heteroatoms. The topological polar surface area (TPSA) is 137 Å². The van der Waals surface area contributed by atoms with Gasteiger partial charge in [0.15, 0.2) is 0 Å². The molecule has 4 saturated heterocycles. The summed E-state index contributed by atoms with van der Waals surface area (Å²) >= 11 is -0.0568. The maximum atomic E-state index is 12.7. The maximum Gasteiger partial charge on any atom is 0.222 e. The summed E-state index contributed by atoms with van der Waals surface area (Å²) in [4.78, 5) is 0. The fourth-order valence-corrected chi connectivity index (χ4v) is 31.0. The van der Waals surface area contributed by atoms with Crippen LogP contribution in [-0.4, -0.2) is 47.3 Å². The lowest BCUT2D eigenvalue weighted by molar-refractivity contribution is 0.533. The molecule has 0 aromatic heterocycles. The standard InChI is InChI=1S/C8H12O8S6/c1-5-17-6(2)21(13,14)7(3,19(5,9)10)18-8(4,20(5,11)12)22(6,15)16/h1-4H3. The third kappa shape index (κ3) is 1.09. The third-order valence-electron chi connectivity index (χ3n) is 4.65. The fraction of sp³-hybridized carbons (Fsp3) is 1.00. The van der Waals surface area contributed by atoms with Crippen molar-refractivity contribution in [2.24, 2.45) is 0 Å². The Hall–Kier alpha value is 0.500. The number of hydrogen-bond donors (Lipinski definition) is 0. The smallest absolute Gasteiger partial charge is 0.222 e. The number of rotatable bonds is 0. The van der Waals surface area contributed by atoms with E-state index in [2.05, 4.69) is 0 Å². The van der Waals surface area contributed by atoms with Crippen LogP contribution in [0.15, 0.2) is 0 Å². The van der Waals surface area contributed by atoms with E-state index in [9.17, 15) is 33.7 Å². The lowest BCUT2D eigenvalue weighted by atomic mass is 10.9. The first-order valence-electron chi connectivity index (χ1n) is 5.78. The molecule has 0 atom stereocenters. The highest BCUT2D eigenvalue weighted by atomic mass is 32.4. The van der Waals surface area contributed by atoms with Crippen molar-refractivity contribution in [2.75, 3.05) is 0 Å². The Kier molecular flexibility index (Phi) is 2.79. The van der Waals surface area contributed by atoms with E-state index in [1.807, 2.05) is 0 Å². The van der Waals surface area contributed by atoms with Crippen molar-refractivity contribution in [1.29, 1.82) is 0 Å².